The maximum atomic E-state index is 13.3. The van der Waals surface area contributed by atoms with E-state index in [1.165, 1.54) is 34.7 Å². The second-order valence-corrected chi connectivity index (χ2v) is 7.11. The molecule has 0 aliphatic carbocycles. The fraction of sp³-hybridized carbons (Fsp3) is 0.238. The minimum absolute atomic E-state index is 0.132. The molecule has 8 heteroatoms. The number of halogens is 1. The van der Waals surface area contributed by atoms with Crippen LogP contribution in [0.5, 0.6) is 0 Å². The number of hydrogen-bond donors (Lipinski definition) is 1. The first-order valence-electron chi connectivity index (χ1n) is 9.23. The van der Waals surface area contributed by atoms with Gasteiger partial charge >= 0.3 is 6.03 Å². The van der Waals surface area contributed by atoms with E-state index in [1.807, 2.05) is 13.0 Å². The Labute approximate surface area is 165 Å². The molecule has 148 valence electrons. The van der Waals surface area contributed by atoms with Gasteiger partial charge in [0.1, 0.15) is 17.0 Å². The summed E-state index contributed by atoms with van der Waals surface area (Å²) in [6.07, 6.45) is 1.98. The van der Waals surface area contributed by atoms with Gasteiger partial charge in [0.05, 0.1) is 12.2 Å². The summed E-state index contributed by atoms with van der Waals surface area (Å²) in [4.78, 5) is 43.7. The molecule has 1 atom stereocenters. The standard InChI is InChI=1S/C21H19FN4O3/c1-3-21(14-5-7-15(22)8-6-14)19(28)26(20(29)24-21)12-16-10-18(27)25-11-13(2)4-9-17(25)23-16/h4-11H,3,12H2,1-2H3,(H,24,29). The summed E-state index contributed by atoms with van der Waals surface area (Å²) >= 11 is 0. The molecule has 7 nitrogen and oxygen atoms in total. The van der Waals surface area contributed by atoms with Crippen molar-refractivity contribution in [1.29, 1.82) is 0 Å². The molecule has 0 radical (unpaired) electrons. The van der Waals surface area contributed by atoms with Crippen LogP contribution < -0.4 is 10.9 Å². The first-order valence-corrected chi connectivity index (χ1v) is 9.23. The van der Waals surface area contributed by atoms with E-state index in [0.717, 1.165) is 10.5 Å². The number of rotatable bonds is 4. The zero-order valence-corrected chi connectivity index (χ0v) is 16.0. The first-order chi connectivity index (χ1) is 13.8. The number of urea groups is 1. The second-order valence-electron chi connectivity index (χ2n) is 7.11. The quantitative estimate of drug-likeness (QED) is 0.689. The Morgan fingerprint density at radius 2 is 1.83 bits per heavy atom. The van der Waals surface area contributed by atoms with Crippen molar-refractivity contribution in [2.75, 3.05) is 0 Å². The molecule has 1 aliphatic rings. The third-order valence-corrected chi connectivity index (χ3v) is 5.22. The molecule has 0 spiro atoms. The molecule has 0 saturated carbocycles. The van der Waals surface area contributed by atoms with Crippen LogP contribution in [0.4, 0.5) is 9.18 Å². The normalized spacial score (nSPS) is 19.1. The Morgan fingerprint density at radius 3 is 2.52 bits per heavy atom. The SMILES string of the molecule is CCC1(c2ccc(F)cc2)NC(=O)N(Cc2cc(=O)n3cc(C)ccc3n2)C1=O. The number of nitrogens with one attached hydrogen (secondary N) is 1. The van der Waals surface area contributed by atoms with Crippen molar-refractivity contribution in [3.63, 3.8) is 0 Å². The molecule has 3 aromatic rings. The molecule has 1 saturated heterocycles. The van der Waals surface area contributed by atoms with Gasteiger partial charge in [0.15, 0.2) is 0 Å². The number of aryl methyl sites for hydroxylation is 1. The fourth-order valence-electron chi connectivity index (χ4n) is 3.64. The zero-order valence-electron chi connectivity index (χ0n) is 16.0. The summed E-state index contributed by atoms with van der Waals surface area (Å²) in [6, 6.07) is 9.76. The number of hydrogen-bond acceptors (Lipinski definition) is 4. The molecule has 1 unspecified atom stereocenters. The van der Waals surface area contributed by atoms with Gasteiger partial charge in [0.25, 0.3) is 11.5 Å². The van der Waals surface area contributed by atoms with Gasteiger partial charge in [0, 0.05) is 12.3 Å². The number of imide groups is 1. The molecule has 3 heterocycles. The predicted molar refractivity (Wildman–Crippen MR) is 104 cm³/mol. The largest absolute Gasteiger partial charge is 0.325 e. The van der Waals surface area contributed by atoms with Crippen molar-refractivity contribution < 1.29 is 14.0 Å². The van der Waals surface area contributed by atoms with Crippen LogP contribution in [0.15, 0.2) is 53.5 Å². The molecular weight excluding hydrogens is 375 g/mol. The molecule has 1 fully saturated rings. The van der Waals surface area contributed by atoms with Crippen LogP contribution in [0.2, 0.25) is 0 Å². The fourth-order valence-corrected chi connectivity index (χ4v) is 3.64. The van der Waals surface area contributed by atoms with E-state index in [4.69, 9.17) is 0 Å². The van der Waals surface area contributed by atoms with Crippen LogP contribution in [0.25, 0.3) is 5.65 Å². The van der Waals surface area contributed by atoms with E-state index >= 15 is 0 Å². The lowest BCUT2D eigenvalue weighted by Gasteiger charge is -2.25. The Bertz CT molecular complexity index is 1190. The van der Waals surface area contributed by atoms with E-state index < -0.39 is 23.3 Å². The van der Waals surface area contributed by atoms with Crippen LogP contribution in [0, 0.1) is 12.7 Å². The van der Waals surface area contributed by atoms with Crippen LogP contribution in [-0.2, 0) is 16.9 Å². The van der Waals surface area contributed by atoms with Crippen molar-refractivity contribution in [3.05, 3.63) is 81.7 Å². The zero-order chi connectivity index (χ0) is 20.8. The van der Waals surface area contributed by atoms with Crippen LogP contribution in [-0.4, -0.2) is 26.2 Å². The minimum Gasteiger partial charge on any atom is -0.319 e. The number of carbonyl (C=O) groups excluding carboxylic acids is 2. The lowest BCUT2D eigenvalue weighted by molar-refractivity contribution is -0.132. The Balaban J connectivity index is 1.69. The highest BCUT2D eigenvalue weighted by Crippen LogP contribution is 2.33. The lowest BCUT2D eigenvalue weighted by atomic mass is 9.87. The summed E-state index contributed by atoms with van der Waals surface area (Å²) < 4.78 is 14.7. The van der Waals surface area contributed by atoms with Crippen molar-refractivity contribution in [2.45, 2.75) is 32.4 Å². The van der Waals surface area contributed by atoms with Crippen LogP contribution in [0.1, 0.15) is 30.2 Å². The summed E-state index contributed by atoms with van der Waals surface area (Å²) in [5.74, 6) is -0.882. The molecule has 3 amide bonds. The average Bonchev–Trinajstić information content (AvgIpc) is 2.94. The number of nitrogens with zero attached hydrogens (tertiary/aromatic N) is 3. The number of carbonyl (C=O) groups is 2. The average molecular weight is 394 g/mol. The van der Waals surface area contributed by atoms with Crippen molar-refractivity contribution in [1.82, 2.24) is 19.6 Å². The van der Waals surface area contributed by atoms with Crippen molar-refractivity contribution in [2.24, 2.45) is 0 Å². The molecule has 4 rings (SSSR count). The van der Waals surface area contributed by atoms with Crippen molar-refractivity contribution >= 4 is 17.6 Å². The first kappa shape index (κ1) is 18.8. The van der Waals surface area contributed by atoms with E-state index in [0.29, 0.717) is 23.3 Å². The minimum atomic E-state index is -1.27. The summed E-state index contributed by atoms with van der Waals surface area (Å²) in [7, 11) is 0. The highest BCUT2D eigenvalue weighted by atomic mass is 19.1. The third kappa shape index (κ3) is 3.06. The van der Waals surface area contributed by atoms with Gasteiger partial charge in [-0.25, -0.2) is 14.2 Å². The highest BCUT2D eigenvalue weighted by molar-refractivity contribution is 6.07. The van der Waals surface area contributed by atoms with Gasteiger partial charge in [-0.3, -0.25) is 18.9 Å². The number of fused-ring (bicyclic) bond motifs is 1. The van der Waals surface area contributed by atoms with Gasteiger partial charge in [-0.2, -0.15) is 0 Å². The molecule has 29 heavy (non-hydrogen) atoms. The Kier molecular flexibility index (Phi) is 4.41. The van der Waals surface area contributed by atoms with Gasteiger partial charge in [-0.15, -0.1) is 0 Å². The Hall–Kier alpha value is -3.55. The second kappa shape index (κ2) is 6.80. The molecule has 2 aromatic heterocycles. The molecule has 1 aromatic carbocycles. The van der Waals surface area contributed by atoms with Gasteiger partial charge in [0.2, 0.25) is 0 Å². The van der Waals surface area contributed by atoms with E-state index in [1.54, 1.807) is 19.2 Å². The molecular formula is C21H19FN4O3. The van der Waals surface area contributed by atoms with E-state index in [2.05, 4.69) is 10.3 Å². The molecule has 0 bridgehead atoms. The van der Waals surface area contributed by atoms with Gasteiger partial charge in [-0.05, 0) is 42.7 Å². The number of aromatic nitrogens is 2. The summed E-state index contributed by atoms with van der Waals surface area (Å²) in [6.45, 7) is 3.51. The van der Waals surface area contributed by atoms with Gasteiger partial charge in [-0.1, -0.05) is 25.1 Å². The summed E-state index contributed by atoms with van der Waals surface area (Å²) in [5, 5.41) is 2.74. The maximum absolute atomic E-state index is 13.3. The summed E-state index contributed by atoms with van der Waals surface area (Å²) in [5.41, 5.74) is 0.604. The van der Waals surface area contributed by atoms with Crippen molar-refractivity contribution in [3.8, 4) is 0 Å². The third-order valence-electron chi connectivity index (χ3n) is 5.22. The smallest absolute Gasteiger partial charge is 0.319 e. The number of amides is 3. The lowest BCUT2D eigenvalue weighted by Crippen LogP contribution is -2.43. The Morgan fingerprint density at radius 1 is 1.10 bits per heavy atom. The van der Waals surface area contributed by atoms with Gasteiger partial charge < -0.3 is 5.32 Å². The topological polar surface area (TPSA) is 83.8 Å². The maximum Gasteiger partial charge on any atom is 0.325 e. The number of pyridine rings is 1. The van der Waals surface area contributed by atoms with E-state index in [9.17, 15) is 18.8 Å². The molecule has 1 N–H and O–H groups in total. The monoisotopic (exact) mass is 394 g/mol. The molecule has 1 aliphatic heterocycles. The van der Waals surface area contributed by atoms with Crippen LogP contribution in [0.3, 0.4) is 0 Å². The highest BCUT2D eigenvalue weighted by Gasteiger charge is 2.51. The van der Waals surface area contributed by atoms with E-state index in [-0.39, 0.29) is 12.1 Å². The predicted octanol–water partition coefficient (Wildman–Crippen LogP) is 2.50. The van der Waals surface area contributed by atoms with Crippen LogP contribution >= 0.6 is 0 Å². The number of benzene rings is 1.